The van der Waals surface area contributed by atoms with Crippen LogP contribution in [0.2, 0.25) is 0 Å². The molecule has 1 aliphatic heterocycles. The Labute approximate surface area is 182 Å². The van der Waals surface area contributed by atoms with Crippen molar-refractivity contribution in [3.63, 3.8) is 0 Å². The Bertz CT molecular complexity index is 1230. The molecule has 9 nitrogen and oxygen atoms in total. The molecule has 0 spiro atoms. The SMILES string of the molecule is CN1C(=O)[C@](O)(Cc2ccccc2)N(C)C(=O)[C@@H]1Cc1c[nH]c2ccc(F)c([N+](=O)[O-])c12. The number of carbonyl (C=O) groups excluding carboxylic acids is 2. The number of hydrogen-bond donors (Lipinski definition) is 2. The first-order valence-corrected chi connectivity index (χ1v) is 9.89. The second-order valence-corrected chi connectivity index (χ2v) is 7.90. The second kappa shape index (κ2) is 7.72. The molecule has 166 valence electrons. The number of likely N-dealkylation sites (N-methyl/N-ethyl adjacent to an activating group) is 2. The number of H-pyrrole nitrogens is 1. The van der Waals surface area contributed by atoms with Crippen molar-refractivity contribution in [1.82, 2.24) is 14.8 Å². The molecule has 10 heteroatoms. The lowest BCUT2D eigenvalue weighted by molar-refractivity contribution is -0.385. The first-order chi connectivity index (χ1) is 15.1. The van der Waals surface area contributed by atoms with Gasteiger partial charge in [0.25, 0.3) is 5.91 Å². The molecule has 1 aliphatic rings. The number of nitro groups is 1. The smallest absolute Gasteiger partial charge is 0.314 e. The van der Waals surface area contributed by atoms with E-state index >= 15 is 0 Å². The number of aromatic amines is 1. The van der Waals surface area contributed by atoms with E-state index in [1.807, 2.05) is 0 Å². The number of carbonyl (C=O) groups is 2. The van der Waals surface area contributed by atoms with Gasteiger partial charge < -0.3 is 19.9 Å². The number of hydrogen-bond acceptors (Lipinski definition) is 5. The van der Waals surface area contributed by atoms with Crippen molar-refractivity contribution in [2.45, 2.75) is 24.6 Å². The average molecular weight is 440 g/mol. The van der Waals surface area contributed by atoms with Gasteiger partial charge in [0.2, 0.25) is 17.4 Å². The van der Waals surface area contributed by atoms with Crippen molar-refractivity contribution in [3.8, 4) is 0 Å². The minimum Gasteiger partial charge on any atom is -0.363 e. The van der Waals surface area contributed by atoms with Crippen molar-refractivity contribution in [1.29, 1.82) is 0 Å². The van der Waals surface area contributed by atoms with Gasteiger partial charge in [0.15, 0.2) is 0 Å². The molecule has 0 bridgehead atoms. The molecule has 1 saturated heterocycles. The highest BCUT2D eigenvalue weighted by atomic mass is 19.1. The van der Waals surface area contributed by atoms with Gasteiger partial charge in [-0.15, -0.1) is 0 Å². The normalized spacial score (nSPS) is 21.4. The summed E-state index contributed by atoms with van der Waals surface area (Å²) in [7, 11) is 2.75. The highest BCUT2D eigenvalue weighted by Crippen LogP contribution is 2.34. The number of nitro benzene ring substituents is 1. The molecular weight excluding hydrogens is 419 g/mol. The van der Waals surface area contributed by atoms with Gasteiger partial charge >= 0.3 is 5.69 Å². The summed E-state index contributed by atoms with van der Waals surface area (Å²) in [6.07, 6.45) is 1.29. The van der Waals surface area contributed by atoms with E-state index in [1.165, 1.54) is 26.4 Å². The van der Waals surface area contributed by atoms with Crippen LogP contribution >= 0.6 is 0 Å². The number of nitrogens with zero attached hydrogens (tertiary/aromatic N) is 3. The van der Waals surface area contributed by atoms with E-state index < -0.39 is 40.0 Å². The number of benzene rings is 2. The number of halogens is 1. The Hall–Kier alpha value is -3.79. The number of aliphatic hydroxyl groups is 1. The van der Waals surface area contributed by atoms with Gasteiger partial charge in [-0.3, -0.25) is 19.7 Å². The van der Waals surface area contributed by atoms with Crippen LogP contribution in [0.3, 0.4) is 0 Å². The number of rotatable bonds is 5. The minimum atomic E-state index is -2.07. The molecular formula is C22H21FN4O5. The maximum atomic E-state index is 14.2. The average Bonchev–Trinajstić information content (AvgIpc) is 3.17. The molecule has 0 saturated carbocycles. The van der Waals surface area contributed by atoms with E-state index in [4.69, 9.17) is 0 Å². The Balaban J connectivity index is 1.69. The third kappa shape index (κ3) is 3.28. The van der Waals surface area contributed by atoms with Crippen molar-refractivity contribution < 1.29 is 24.0 Å². The van der Waals surface area contributed by atoms with Crippen molar-refractivity contribution in [2.24, 2.45) is 0 Å². The summed E-state index contributed by atoms with van der Waals surface area (Å²) >= 11 is 0. The summed E-state index contributed by atoms with van der Waals surface area (Å²) in [4.78, 5) is 42.0. The zero-order valence-electron chi connectivity index (χ0n) is 17.4. The lowest BCUT2D eigenvalue weighted by Gasteiger charge is -2.47. The van der Waals surface area contributed by atoms with Crippen LogP contribution in [0.25, 0.3) is 10.9 Å². The zero-order valence-corrected chi connectivity index (χ0v) is 17.4. The summed E-state index contributed by atoms with van der Waals surface area (Å²) in [6, 6.07) is 10.2. The van der Waals surface area contributed by atoms with Gasteiger partial charge in [-0.05, 0) is 23.3 Å². The fourth-order valence-corrected chi connectivity index (χ4v) is 4.23. The molecule has 2 aromatic carbocycles. The fourth-order valence-electron chi connectivity index (χ4n) is 4.23. The van der Waals surface area contributed by atoms with Gasteiger partial charge in [0.05, 0.1) is 15.8 Å². The third-order valence-electron chi connectivity index (χ3n) is 6.04. The Kier molecular flexibility index (Phi) is 5.17. The van der Waals surface area contributed by atoms with E-state index in [9.17, 15) is 29.2 Å². The highest BCUT2D eigenvalue weighted by Gasteiger charge is 2.53. The zero-order chi connectivity index (χ0) is 23.2. The number of aromatic nitrogens is 1. The first kappa shape index (κ1) is 21.4. The summed E-state index contributed by atoms with van der Waals surface area (Å²) in [6.45, 7) is 0. The van der Waals surface area contributed by atoms with E-state index in [0.29, 0.717) is 16.6 Å². The molecule has 4 rings (SSSR count). The van der Waals surface area contributed by atoms with Crippen LogP contribution in [0, 0.1) is 15.9 Å². The number of amides is 2. The van der Waals surface area contributed by atoms with Crippen LogP contribution in [0.5, 0.6) is 0 Å². The molecule has 32 heavy (non-hydrogen) atoms. The van der Waals surface area contributed by atoms with Gasteiger partial charge in [0, 0.05) is 33.1 Å². The molecule has 3 aromatic rings. The predicted molar refractivity (Wildman–Crippen MR) is 113 cm³/mol. The molecule has 2 atom stereocenters. The number of piperazine rings is 1. The Morgan fingerprint density at radius 2 is 1.88 bits per heavy atom. The minimum absolute atomic E-state index is 0.0522. The van der Waals surface area contributed by atoms with E-state index in [-0.39, 0.29) is 18.2 Å². The molecule has 0 unspecified atom stereocenters. The van der Waals surface area contributed by atoms with E-state index in [2.05, 4.69) is 4.98 Å². The quantitative estimate of drug-likeness (QED) is 0.464. The highest BCUT2D eigenvalue weighted by molar-refractivity contribution is 5.99. The first-order valence-electron chi connectivity index (χ1n) is 9.89. The maximum Gasteiger partial charge on any atom is 0.314 e. The molecule has 2 N–H and O–H groups in total. The van der Waals surface area contributed by atoms with E-state index in [1.54, 1.807) is 30.3 Å². The van der Waals surface area contributed by atoms with Crippen LogP contribution in [0.1, 0.15) is 11.1 Å². The molecule has 1 aromatic heterocycles. The predicted octanol–water partition coefficient (Wildman–Crippen LogP) is 1.99. The second-order valence-electron chi connectivity index (χ2n) is 7.90. The number of fused-ring (bicyclic) bond motifs is 1. The van der Waals surface area contributed by atoms with Gasteiger partial charge in [-0.1, -0.05) is 30.3 Å². The Morgan fingerprint density at radius 1 is 1.19 bits per heavy atom. The standard InChI is InChI=1S/C22H21FN4O5/c1-25-17(10-14-12-24-16-9-8-15(23)19(18(14)16)27(31)32)20(28)26(2)22(30,21(25)29)11-13-6-4-3-5-7-13/h3-9,12,17,24,30H,10-11H2,1-2H3/t17-,22+/m0/s1. The maximum absolute atomic E-state index is 14.2. The van der Waals surface area contributed by atoms with Crippen LogP contribution in [-0.4, -0.2) is 62.5 Å². The van der Waals surface area contributed by atoms with Gasteiger partial charge in [0.1, 0.15) is 6.04 Å². The lowest BCUT2D eigenvalue weighted by Crippen LogP contribution is -2.70. The van der Waals surface area contributed by atoms with E-state index in [0.717, 1.165) is 15.9 Å². The largest absolute Gasteiger partial charge is 0.363 e. The molecule has 2 amide bonds. The summed E-state index contributed by atoms with van der Waals surface area (Å²) in [5.74, 6) is -2.19. The van der Waals surface area contributed by atoms with Crippen LogP contribution in [-0.2, 0) is 22.4 Å². The summed E-state index contributed by atoms with van der Waals surface area (Å²) in [5, 5.41) is 22.6. The molecule has 0 radical (unpaired) electrons. The molecule has 0 aliphatic carbocycles. The Morgan fingerprint density at radius 3 is 2.53 bits per heavy atom. The fraction of sp³-hybridized carbons (Fsp3) is 0.273. The monoisotopic (exact) mass is 440 g/mol. The van der Waals surface area contributed by atoms with Crippen molar-refractivity contribution in [2.75, 3.05) is 14.1 Å². The van der Waals surface area contributed by atoms with Crippen LogP contribution in [0.15, 0.2) is 48.7 Å². The van der Waals surface area contributed by atoms with Crippen LogP contribution in [0.4, 0.5) is 10.1 Å². The summed E-state index contributed by atoms with van der Waals surface area (Å²) < 4.78 is 14.2. The topological polar surface area (TPSA) is 120 Å². The van der Waals surface area contributed by atoms with Crippen molar-refractivity contribution >= 4 is 28.4 Å². The third-order valence-corrected chi connectivity index (χ3v) is 6.04. The van der Waals surface area contributed by atoms with Gasteiger partial charge in [-0.2, -0.15) is 4.39 Å². The molecule has 1 fully saturated rings. The van der Waals surface area contributed by atoms with Crippen molar-refractivity contribution in [3.05, 3.63) is 75.7 Å². The lowest BCUT2D eigenvalue weighted by atomic mass is 9.92. The van der Waals surface area contributed by atoms with Crippen LogP contribution < -0.4 is 0 Å². The van der Waals surface area contributed by atoms with Gasteiger partial charge in [-0.25, -0.2) is 0 Å². The molecule has 2 heterocycles. The summed E-state index contributed by atoms with van der Waals surface area (Å²) in [5.41, 5.74) is -1.41. The number of nitrogens with one attached hydrogen (secondary N) is 1.